The maximum Gasteiger partial charge on any atom is 0.243 e. The Balaban J connectivity index is 1.27. The van der Waals surface area contributed by atoms with Crippen LogP contribution in [0.3, 0.4) is 0 Å². The summed E-state index contributed by atoms with van der Waals surface area (Å²) < 4.78 is 55.3. The highest BCUT2D eigenvalue weighted by atomic mass is 32.2. The summed E-state index contributed by atoms with van der Waals surface area (Å²) in [6.45, 7) is 1.89. The first-order chi connectivity index (χ1) is 18.8. The molecule has 0 radical (unpaired) electrons. The van der Waals surface area contributed by atoms with E-state index < -0.39 is 25.1 Å². The van der Waals surface area contributed by atoms with Crippen LogP contribution in [-0.2, 0) is 19.9 Å². The van der Waals surface area contributed by atoms with Gasteiger partial charge in [-0.25, -0.2) is 16.8 Å². The number of hydrogen-bond donors (Lipinski definition) is 1. The number of rotatable bonds is 5. The summed E-state index contributed by atoms with van der Waals surface area (Å²) in [5.41, 5.74) is 3.66. The largest absolute Gasteiger partial charge is 0.410 e. The molecule has 3 aromatic rings. The molecule has 3 aliphatic rings. The van der Waals surface area contributed by atoms with E-state index in [9.17, 15) is 22.0 Å². The summed E-state index contributed by atoms with van der Waals surface area (Å²) in [7, 11) is -7.30. The molecule has 1 N–H and O–H groups in total. The van der Waals surface area contributed by atoms with E-state index in [1.807, 2.05) is 30.3 Å². The van der Waals surface area contributed by atoms with Gasteiger partial charge >= 0.3 is 0 Å². The fraction of sp³-hybridized carbons (Fsp3) is 0.345. The Bertz CT molecular complexity index is 1640. The second kappa shape index (κ2) is 10.1. The van der Waals surface area contributed by atoms with Crippen molar-refractivity contribution in [3.05, 3.63) is 77.9 Å². The molecule has 204 valence electrons. The third kappa shape index (κ3) is 4.54. The van der Waals surface area contributed by atoms with Crippen LogP contribution >= 0.6 is 0 Å². The number of sulfonamides is 1. The van der Waals surface area contributed by atoms with Crippen LogP contribution in [0, 0.1) is 0 Å². The van der Waals surface area contributed by atoms with Crippen molar-refractivity contribution in [2.75, 3.05) is 31.1 Å². The van der Waals surface area contributed by atoms with Gasteiger partial charge in [0.15, 0.2) is 9.84 Å². The Labute approximate surface area is 229 Å². The molecule has 0 unspecified atom stereocenters. The third-order valence-corrected chi connectivity index (χ3v) is 12.4. The minimum Gasteiger partial charge on any atom is -0.410 e. The molecule has 0 aromatic heterocycles. The fourth-order valence-electron chi connectivity index (χ4n) is 6.04. The first-order valence-electron chi connectivity index (χ1n) is 13.4. The molecular formula is C29H31N3O5S2. The van der Waals surface area contributed by atoms with E-state index in [1.54, 1.807) is 36.4 Å². The van der Waals surface area contributed by atoms with Gasteiger partial charge in [0.1, 0.15) is 5.71 Å². The van der Waals surface area contributed by atoms with Gasteiger partial charge in [0, 0.05) is 43.0 Å². The topological polar surface area (TPSA) is 107 Å². The van der Waals surface area contributed by atoms with E-state index in [4.69, 9.17) is 0 Å². The Kier molecular flexibility index (Phi) is 6.73. The van der Waals surface area contributed by atoms with Crippen molar-refractivity contribution < 1.29 is 22.0 Å². The predicted molar refractivity (Wildman–Crippen MR) is 151 cm³/mol. The Morgan fingerprint density at radius 3 is 1.90 bits per heavy atom. The molecule has 39 heavy (non-hydrogen) atoms. The van der Waals surface area contributed by atoms with E-state index in [0.29, 0.717) is 55.7 Å². The molecule has 0 spiro atoms. The number of piperazine rings is 1. The Hall–Kier alpha value is -3.21. The first-order valence-corrected chi connectivity index (χ1v) is 16.3. The highest BCUT2D eigenvalue weighted by Crippen LogP contribution is 2.40. The van der Waals surface area contributed by atoms with E-state index >= 15 is 0 Å². The van der Waals surface area contributed by atoms with E-state index in [2.05, 4.69) is 10.1 Å². The summed E-state index contributed by atoms with van der Waals surface area (Å²) in [6, 6.07) is 19.7. The molecule has 1 saturated heterocycles. The maximum absolute atomic E-state index is 13.6. The monoisotopic (exact) mass is 565 g/mol. The molecule has 2 fully saturated rings. The van der Waals surface area contributed by atoms with Crippen LogP contribution < -0.4 is 4.90 Å². The van der Waals surface area contributed by atoms with Crippen LogP contribution in [0.15, 0.2) is 81.7 Å². The molecule has 2 aliphatic carbocycles. The van der Waals surface area contributed by atoms with Gasteiger partial charge in [-0.2, -0.15) is 4.31 Å². The molecule has 10 heteroatoms. The van der Waals surface area contributed by atoms with Gasteiger partial charge in [0.05, 0.1) is 15.0 Å². The van der Waals surface area contributed by atoms with Crippen molar-refractivity contribution in [1.82, 2.24) is 4.31 Å². The number of benzene rings is 3. The maximum atomic E-state index is 13.6. The number of nitrogens with zero attached hydrogens (tertiary/aromatic N) is 3. The van der Waals surface area contributed by atoms with E-state index in [0.717, 1.165) is 30.5 Å². The molecular weight excluding hydrogens is 534 g/mol. The van der Waals surface area contributed by atoms with Gasteiger partial charge in [-0.1, -0.05) is 54.8 Å². The normalized spacial score (nSPS) is 19.7. The lowest BCUT2D eigenvalue weighted by Crippen LogP contribution is -2.48. The van der Waals surface area contributed by atoms with Crippen molar-refractivity contribution in [3.63, 3.8) is 0 Å². The fourth-order valence-corrected chi connectivity index (χ4v) is 9.37. The van der Waals surface area contributed by atoms with E-state index in [-0.39, 0.29) is 15.5 Å². The molecule has 1 saturated carbocycles. The quantitative estimate of drug-likeness (QED) is 0.282. The van der Waals surface area contributed by atoms with Crippen LogP contribution in [0.4, 0.5) is 5.69 Å². The van der Waals surface area contributed by atoms with Crippen LogP contribution in [-0.4, -0.2) is 63.5 Å². The van der Waals surface area contributed by atoms with Gasteiger partial charge in [-0.3, -0.25) is 0 Å². The average Bonchev–Trinajstić information content (AvgIpc) is 3.30. The Morgan fingerprint density at radius 2 is 1.28 bits per heavy atom. The molecule has 0 amide bonds. The lowest BCUT2D eigenvalue weighted by Gasteiger charge is -2.35. The van der Waals surface area contributed by atoms with Crippen molar-refractivity contribution >= 4 is 31.3 Å². The third-order valence-electron chi connectivity index (χ3n) is 8.20. The highest BCUT2D eigenvalue weighted by molar-refractivity contribution is 7.92. The number of oxime groups is 1. The lowest BCUT2D eigenvalue weighted by atomic mass is 10.0. The SMILES string of the molecule is O=S(=O)(c1ccc2c(c1)/C(=N/O)c1cc(S(=O)(=O)N3CCN(c4ccccc4)CC3)ccc1-2)C1CCCCC1. The molecule has 0 atom stereocenters. The van der Waals surface area contributed by atoms with Crippen molar-refractivity contribution in [1.29, 1.82) is 0 Å². The zero-order valence-corrected chi connectivity index (χ0v) is 23.2. The average molecular weight is 566 g/mol. The predicted octanol–water partition coefficient (Wildman–Crippen LogP) is 4.51. The summed E-state index contributed by atoms with van der Waals surface area (Å²) in [6.07, 6.45) is 4.17. The highest BCUT2D eigenvalue weighted by Gasteiger charge is 2.34. The molecule has 0 bridgehead atoms. The number of anilines is 1. The Morgan fingerprint density at radius 1 is 0.692 bits per heavy atom. The van der Waals surface area contributed by atoms with Crippen molar-refractivity contribution in [2.45, 2.75) is 47.1 Å². The van der Waals surface area contributed by atoms with Gasteiger partial charge < -0.3 is 10.1 Å². The van der Waals surface area contributed by atoms with Crippen molar-refractivity contribution in [3.8, 4) is 11.1 Å². The molecule has 3 aromatic carbocycles. The zero-order chi connectivity index (χ0) is 27.2. The lowest BCUT2D eigenvalue weighted by molar-refractivity contribution is 0.320. The smallest absolute Gasteiger partial charge is 0.243 e. The number of para-hydroxylation sites is 1. The minimum absolute atomic E-state index is 0.124. The van der Waals surface area contributed by atoms with Gasteiger partial charge in [0.25, 0.3) is 0 Å². The van der Waals surface area contributed by atoms with Crippen LogP contribution in [0.25, 0.3) is 11.1 Å². The molecule has 1 aliphatic heterocycles. The standard InChI is InChI=1S/C29H31N3O5S2/c33-30-29-27-19-23(38(34,35)22-9-5-2-6-10-22)11-13-25(27)26-14-12-24(20-28(26)29)39(36,37)32-17-15-31(16-18-32)21-7-3-1-4-8-21/h1,3-4,7-8,11-14,19-20,22,33H,2,5-6,9-10,15-18H2/b30-29-. The van der Waals surface area contributed by atoms with Gasteiger partial charge in [-0.05, 0) is 60.4 Å². The van der Waals surface area contributed by atoms with Crippen LogP contribution in [0.1, 0.15) is 43.2 Å². The first kappa shape index (κ1) is 26.0. The number of sulfone groups is 1. The summed E-state index contributed by atoms with van der Waals surface area (Å²) >= 11 is 0. The second-order valence-corrected chi connectivity index (χ2v) is 14.6. The van der Waals surface area contributed by atoms with Crippen molar-refractivity contribution in [2.24, 2.45) is 5.16 Å². The molecule has 1 heterocycles. The second-order valence-electron chi connectivity index (χ2n) is 10.4. The van der Waals surface area contributed by atoms with Gasteiger partial charge in [-0.15, -0.1) is 0 Å². The molecule has 6 rings (SSSR count). The minimum atomic E-state index is -3.78. The van der Waals surface area contributed by atoms with E-state index in [1.165, 1.54) is 4.31 Å². The molecule has 8 nitrogen and oxygen atoms in total. The number of hydrogen-bond acceptors (Lipinski definition) is 7. The summed E-state index contributed by atoms with van der Waals surface area (Å²) in [5, 5.41) is 13.0. The number of fused-ring (bicyclic) bond motifs is 3. The summed E-state index contributed by atoms with van der Waals surface area (Å²) in [5.74, 6) is 0. The zero-order valence-electron chi connectivity index (χ0n) is 21.5. The summed E-state index contributed by atoms with van der Waals surface area (Å²) in [4.78, 5) is 2.51. The van der Waals surface area contributed by atoms with Crippen LogP contribution in [0.2, 0.25) is 0 Å². The van der Waals surface area contributed by atoms with Crippen LogP contribution in [0.5, 0.6) is 0 Å². The van der Waals surface area contributed by atoms with Gasteiger partial charge in [0.2, 0.25) is 10.0 Å².